The molecule has 0 aliphatic carbocycles. The minimum Gasteiger partial charge on any atom is -0.338 e. The molecule has 2 amide bonds. The largest absolute Gasteiger partial charge is 0.338 e. The van der Waals surface area contributed by atoms with Gasteiger partial charge in [-0.05, 0) is 63.4 Å². The van der Waals surface area contributed by atoms with Crippen molar-refractivity contribution in [3.63, 3.8) is 0 Å². The van der Waals surface area contributed by atoms with E-state index in [1.165, 1.54) is 29.3 Å². The number of nitrogens with zero attached hydrogens (tertiary/aromatic N) is 5. The van der Waals surface area contributed by atoms with E-state index in [4.69, 9.17) is 0 Å². The van der Waals surface area contributed by atoms with E-state index in [1.54, 1.807) is 5.51 Å². The second-order valence-electron chi connectivity index (χ2n) is 7.65. The molecule has 4 rings (SSSR count). The Labute approximate surface area is 172 Å². The highest BCUT2D eigenvalue weighted by molar-refractivity contribution is 7.11. The summed E-state index contributed by atoms with van der Waals surface area (Å²) in [5.41, 5.74) is 3.29. The van der Waals surface area contributed by atoms with Gasteiger partial charge in [-0.2, -0.15) is 0 Å². The second-order valence-corrected chi connectivity index (χ2v) is 9.25. The summed E-state index contributed by atoms with van der Waals surface area (Å²) >= 11 is 2.61. The molecular weight excluding hydrogens is 394 g/mol. The first kappa shape index (κ1) is 19.4. The summed E-state index contributed by atoms with van der Waals surface area (Å²) in [5.74, 6) is 0.625. The summed E-state index contributed by atoms with van der Waals surface area (Å²) in [7, 11) is 0. The van der Waals surface area contributed by atoms with Crippen LogP contribution < -0.4 is 0 Å². The number of hydrogen-bond acceptors (Lipinski definition) is 7. The highest BCUT2D eigenvalue weighted by atomic mass is 32.1. The zero-order valence-corrected chi connectivity index (χ0v) is 17.9. The minimum atomic E-state index is 0.0443. The van der Waals surface area contributed by atoms with Crippen molar-refractivity contribution < 1.29 is 9.59 Å². The van der Waals surface area contributed by atoms with Gasteiger partial charge < -0.3 is 9.80 Å². The van der Waals surface area contributed by atoms with Gasteiger partial charge in [0.05, 0.1) is 16.9 Å². The van der Waals surface area contributed by atoms with Crippen LogP contribution in [0.25, 0.3) is 0 Å². The van der Waals surface area contributed by atoms with Crippen LogP contribution in [0.4, 0.5) is 0 Å². The molecular formula is C19H25N5O2S2. The topological polar surface area (TPSA) is 79.3 Å². The summed E-state index contributed by atoms with van der Waals surface area (Å²) in [6.07, 6.45) is 5.16. The average Bonchev–Trinajstić information content (AvgIpc) is 3.35. The fraction of sp³-hybridized carbons (Fsp3) is 0.632. The van der Waals surface area contributed by atoms with Crippen LogP contribution in [0.2, 0.25) is 0 Å². The Kier molecular flexibility index (Phi) is 5.73. The number of hydrogen-bond donors (Lipinski definition) is 0. The van der Waals surface area contributed by atoms with Crippen molar-refractivity contribution in [1.82, 2.24) is 24.4 Å². The van der Waals surface area contributed by atoms with Gasteiger partial charge >= 0.3 is 0 Å². The molecule has 0 radical (unpaired) electrons. The van der Waals surface area contributed by atoms with Crippen LogP contribution >= 0.6 is 22.9 Å². The number of rotatable bonds is 3. The number of carbonyl (C=O) groups is 2. The highest BCUT2D eigenvalue weighted by Gasteiger charge is 2.37. The van der Waals surface area contributed by atoms with Crippen LogP contribution in [0.3, 0.4) is 0 Å². The van der Waals surface area contributed by atoms with Gasteiger partial charge in [0.25, 0.3) is 11.8 Å². The second kappa shape index (κ2) is 8.24. The third kappa shape index (κ3) is 3.69. The molecule has 0 spiro atoms. The normalized spacial score (nSPS) is 21.1. The lowest BCUT2D eigenvalue weighted by atomic mass is 9.83. The fourth-order valence-electron chi connectivity index (χ4n) is 4.40. The first-order chi connectivity index (χ1) is 13.6. The van der Waals surface area contributed by atoms with Gasteiger partial charge in [-0.1, -0.05) is 4.49 Å². The lowest BCUT2D eigenvalue weighted by molar-refractivity contribution is 0.0378. The van der Waals surface area contributed by atoms with Gasteiger partial charge in [-0.3, -0.25) is 9.59 Å². The summed E-state index contributed by atoms with van der Waals surface area (Å²) < 4.78 is 3.88. The molecule has 1 atom stereocenters. The van der Waals surface area contributed by atoms with Gasteiger partial charge in [-0.25, -0.2) is 4.98 Å². The zero-order valence-electron chi connectivity index (χ0n) is 16.3. The molecule has 2 aromatic heterocycles. The first-order valence-corrected chi connectivity index (χ1v) is 11.5. The molecule has 7 nitrogen and oxygen atoms in total. The summed E-state index contributed by atoms with van der Waals surface area (Å²) in [4.78, 5) is 35.5. The maximum absolute atomic E-state index is 13.1. The molecule has 0 saturated carbocycles. The zero-order chi connectivity index (χ0) is 19.7. The van der Waals surface area contributed by atoms with E-state index in [2.05, 4.69) is 19.5 Å². The number of piperidine rings is 2. The third-order valence-electron chi connectivity index (χ3n) is 5.97. The lowest BCUT2D eigenvalue weighted by Crippen LogP contribution is -2.50. The standard InChI is InChI=1S/C19H25N5O2S2/c1-12-16(27-11-20-12)19(26)24-8-4-3-5-15(24)14-6-9-23(10-7-14)18(25)17-13(2)21-22-28-17/h11,14-15H,3-10H2,1-2H3. The summed E-state index contributed by atoms with van der Waals surface area (Å²) in [5, 5.41) is 3.95. The van der Waals surface area contributed by atoms with Gasteiger partial charge in [0, 0.05) is 25.7 Å². The van der Waals surface area contributed by atoms with Gasteiger partial charge in [0.2, 0.25) is 0 Å². The molecule has 0 bridgehead atoms. The maximum atomic E-state index is 13.1. The van der Waals surface area contributed by atoms with Gasteiger partial charge in [0.15, 0.2) is 0 Å². The Hall–Kier alpha value is -1.87. The van der Waals surface area contributed by atoms with Crippen LogP contribution in [0.5, 0.6) is 0 Å². The number of amides is 2. The molecule has 150 valence electrons. The monoisotopic (exact) mass is 419 g/mol. The summed E-state index contributed by atoms with van der Waals surface area (Å²) in [6.45, 7) is 6.03. The van der Waals surface area contributed by atoms with Crippen molar-refractivity contribution >= 4 is 34.7 Å². The molecule has 2 fully saturated rings. The van der Waals surface area contributed by atoms with E-state index in [9.17, 15) is 9.59 Å². The van der Waals surface area contributed by atoms with Crippen molar-refractivity contribution in [2.24, 2.45) is 5.92 Å². The number of likely N-dealkylation sites (tertiary alicyclic amines) is 2. The molecule has 28 heavy (non-hydrogen) atoms. The molecule has 4 heterocycles. The number of aryl methyl sites for hydroxylation is 2. The SMILES string of the molecule is Cc1nnsc1C(=O)N1CCC(C2CCCCN2C(=O)c2scnc2C)CC1. The van der Waals surface area contributed by atoms with E-state index in [0.29, 0.717) is 16.5 Å². The van der Waals surface area contributed by atoms with Crippen LogP contribution in [0.15, 0.2) is 5.51 Å². The van der Waals surface area contributed by atoms with Gasteiger partial charge in [-0.15, -0.1) is 16.4 Å². The Morgan fingerprint density at radius 3 is 2.43 bits per heavy atom. The molecule has 1 unspecified atom stereocenters. The molecule has 9 heteroatoms. The fourth-order valence-corrected chi connectivity index (χ4v) is 5.78. The van der Waals surface area contributed by atoms with Crippen LogP contribution in [0.1, 0.15) is 62.8 Å². The molecule has 0 aromatic carbocycles. The van der Waals surface area contributed by atoms with Crippen molar-refractivity contribution in [1.29, 1.82) is 0 Å². The third-order valence-corrected chi connectivity index (χ3v) is 7.70. The van der Waals surface area contributed by atoms with Gasteiger partial charge in [0.1, 0.15) is 9.75 Å². The minimum absolute atomic E-state index is 0.0443. The predicted octanol–water partition coefficient (Wildman–Crippen LogP) is 3.16. The van der Waals surface area contributed by atoms with E-state index in [-0.39, 0.29) is 17.9 Å². The number of carbonyl (C=O) groups excluding carboxylic acids is 2. The number of thiazole rings is 1. The van der Waals surface area contributed by atoms with E-state index in [1.807, 2.05) is 18.7 Å². The smallest absolute Gasteiger partial charge is 0.267 e. The van der Waals surface area contributed by atoms with E-state index >= 15 is 0 Å². The Morgan fingerprint density at radius 1 is 1.00 bits per heavy atom. The Balaban J connectivity index is 1.42. The number of aromatic nitrogens is 3. The van der Waals surface area contributed by atoms with E-state index in [0.717, 1.165) is 55.9 Å². The molecule has 2 saturated heterocycles. The summed E-state index contributed by atoms with van der Waals surface area (Å²) in [6, 6.07) is 0.270. The molecule has 2 aliphatic rings. The van der Waals surface area contributed by atoms with Crippen LogP contribution in [-0.4, -0.2) is 61.9 Å². The Bertz CT molecular complexity index is 856. The van der Waals surface area contributed by atoms with Crippen molar-refractivity contribution in [3.8, 4) is 0 Å². The van der Waals surface area contributed by atoms with Crippen molar-refractivity contribution in [2.75, 3.05) is 19.6 Å². The van der Waals surface area contributed by atoms with Crippen molar-refractivity contribution in [2.45, 2.75) is 52.0 Å². The maximum Gasteiger partial charge on any atom is 0.267 e. The molecule has 2 aromatic rings. The predicted molar refractivity (Wildman–Crippen MR) is 109 cm³/mol. The molecule has 0 N–H and O–H groups in total. The van der Waals surface area contributed by atoms with Crippen molar-refractivity contribution in [3.05, 3.63) is 26.7 Å². The Morgan fingerprint density at radius 2 is 1.79 bits per heavy atom. The van der Waals surface area contributed by atoms with Crippen LogP contribution in [-0.2, 0) is 0 Å². The lowest BCUT2D eigenvalue weighted by Gasteiger charge is -2.43. The average molecular weight is 420 g/mol. The molecule has 2 aliphatic heterocycles. The highest BCUT2D eigenvalue weighted by Crippen LogP contribution is 2.33. The quantitative estimate of drug-likeness (QED) is 0.764. The van der Waals surface area contributed by atoms with Crippen LogP contribution in [0, 0.1) is 19.8 Å². The van der Waals surface area contributed by atoms with E-state index < -0.39 is 0 Å². The first-order valence-electron chi connectivity index (χ1n) is 9.85.